The van der Waals surface area contributed by atoms with Crippen LogP contribution in [0.25, 0.3) is 28.0 Å². The largest absolute Gasteiger partial charge is 0.365 e. The maximum Gasteiger partial charge on any atom is 0.141 e. The summed E-state index contributed by atoms with van der Waals surface area (Å²) >= 11 is 0. The SMILES string of the molecule is Cc1ccc2nc(-c3ccc(-c4c(C)noc4C)cc3)c(NC(C)(C)C)n2c1. The third kappa shape index (κ3) is 3.28. The van der Waals surface area contributed by atoms with E-state index in [0.29, 0.717) is 0 Å². The summed E-state index contributed by atoms with van der Waals surface area (Å²) in [5.41, 5.74) is 7.14. The first-order chi connectivity index (χ1) is 13.2. The monoisotopic (exact) mass is 374 g/mol. The Balaban J connectivity index is 1.83. The number of nitrogens with zero attached hydrogens (tertiary/aromatic N) is 3. The molecule has 0 fully saturated rings. The summed E-state index contributed by atoms with van der Waals surface area (Å²) in [6, 6.07) is 12.6. The van der Waals surface area contributed by atoms with Gasteiger partial charge in [0, 0.05) is 22.9 Å². The first-order valence-electron chi connectivity index (χ1n) is 9.53. The van der Waals surface area contributed by atoms with Gasteiger partial charge in [-0.3, -0.25) is 4.40 Å². The van der Waals surface area contributed by atoms with Crippen LogP contribution in [0.4, 0.5) is 5.82 Å². The molecule has 0 saturated heterocycles. The van der Waals surface area contributed by atoms with E-state index in [9.17, 15) is 0 Å². The third-order valence-corrected chi connectivity index (χ3v) is 4.74. The molecule has 0 amide bonds. The van der Waals surface area contributed by atoms with E-state index in [0.717, 1.165) is 45.3 Å². The number of hydrogen-bond donors (Lipinski definition) is 1. The Bertz CT molecular complexity index is 1120. The lowest BCUT2D eigenvalue weighted by molar-refractivity contribution is 0.393. The van der Waals surface area contributed by atoms with Gasteiger partial charge in [-0.1, -0.05) is 35.5 Å². The second kappa shape index (κ2) is 6.51. The van der Waals surface area contributed by atoms with Crippen molar-refractivity contribution in [2.75, 3.05) is 5.32 Å². The molecule has 4 aromatic rings. The topological polar surface area (TPSA) is 55.4 Å². The lowest BCUT2D eigenvalue weighted by Gasteiger charge is -2.22. The Labute approximate surface area is 165 Å². The molecule has 1 N–H and O–H groups in total. The van der Waals surface area contributed by atoms with Crippen LogP contribution in [0.1, 0.15) is 37.8 Å². The van der Waals surface area contributed by atoms with Crippen molar-refractivity contribution in [3.05, 3.63) is 59.6 Å². The van der Waals surface area contributed by atoms with E-state index in [4.69, 9.17) is 9.51 Å². The molecule has 144 valence electrons. The first-order valence-corrected chi connectivity index (χ1v) is 9.53. The molecule has 3 aromatic heterocycles. The summed E-state index contributed by atoms with van der Waals surface area (Å²) in [5, 5.41) is 7.70. The van der Waals surface area contributed by atoms with Gasteiger partial charge in [0.1, 0.15) is 22.9 Å². The van der Waals surface area contributed by atoms with Gasteiger partial charge in [0.25, 0.3) is 0 Å². The quantitative estimate of drug-likeness (QED) is 0.493. The number of aryl methyl sites for hydroxylation is 3. The van der Waals surface area contributed by atoms with Crippen LogP contribution >= 0.6 is 0 Å². The maximum atomic E-state index is 5.31. The first kappa shape index (κ1) is 18.3. The minimum atomic E-state index is -0.0783. The third-order valence-electron chi connectivity index (χ3n) is 4.74. The van der Waals surface area contributed by atoms with Crippen molar-refractivity contribution in [1.29, 1.82) is 0 Å². The second-order valence-electron chi connectivity index (χ2n) is 8.40. The van der Waals surface area contributed by atoms with E-state index in [1.54, 1.807) is 0 Å². The van der Waals surface area contributed by atoms with E-state index in [1.165, 1.54) is 5.56 Å². The average molecular weight is 374 g/mol. The fourth-order valence-corrected chi connectivity index (χ4v) is 3.52. The van der Waals surface area contributed by atoms with Gasteiger partial charge in [-0.25, -0.2) is 4.98 Å². The highest BCUT2D eigenvalue weighted by Crippen LogP contribution is 2.33. The zero-order valence-corrected chi connectivity index (χ0v) is 17.3. The molecule has 0 spiro atoms. The van der Waals surface area contributed by atoms with Crippen LogP contribution in [0.2, 0.25) is 0 Å². The number of fused-ring (bicyclic) bond motifs is 1. The number of anilines is 1. The number of aromatic nitrogens is 3. The lowest BCUT2D eigenvalue weighted by atomic mass is 10.0. The highest BCUT2D eigenvalue weighted by Gasteiger charge is 2.20. The number of pyridine rings is 1. The highest BCUT2D eigenvalue weighted by molar-refractivity contribution is 5.79. The smallest absolute Gasteiger partial charge is 0.141 e. The lowest BCUT2D eigenvalue weighted by Crippen LogP contribution is -2.27. The van der Waals surface area contributed by atoms with E-state index < -0.39 is 0 Å². The summed E-state index contributed by atoms with van der Waals surface area (Å²) in [6.45, 7) is 12.5. The van der Waals surface area contributed by atoms with Crippen molar-refractivity contribution in [2.24, 2.45) is 0 Å². The van der Waals surface area contributed by atoms with Gasteiger partial charge in [0.05, 0.1) is 5.69 Å². The molecule has 0 aliphatic rings. The van der Waals surface area contributed by atoms with Gasteiger partial charge < -0.3 is 9.84 Å². The Kier molecular flexibility index (Phi) is 4.26. The predicted molar refractivity (Wildman–Crippen MR) is 114 cm³/mol. The molecule has 5 nitrogen and oxygen atoms in total. The number of hydrogen-bond acceptors (Lipinski definition) is 4. The Hall–Kier alpha value is -3.08. The van der Waals surface area contributed by atoms with E-state index in [1.807, 2.05) is 13.8 Å². The number of rotatable bonds is 3. The van der Waals surface area contributed by atoms with Crippen molar-refractivity contribution in [2.45, 2.75) is 47.1 Å². The van der Waals surface area contributed by atoms with Crippen molar-refractivity contribution < 1.29 is 4.52 Å². The van der Waals surface area contributed by atoms with Crippen LogP contribution in [-0.4, -0.2) is 20.1 Å². The van der Waals surface area contributed by atoms with Gasteiger partial charge in [0.2, 0.25) is 0 Å². The van der Waals surface area contributed by atoms with E-state index in [-0.39, 0.29) is 5.54 Å². The summed E-state index contributed by atoms with van der Waals surface area (Å²) in [5.74, 6) is 1.85. The molecule has 0 aliphatic carbocycles. The summed E-state index contributed by atoms with van der Waals surface area (Å²) in [4.78, 5) is 4.91. The average Bonchev–Trinajstić information content (AvgIpc) is 3.14. The van der Waals surface area contributed by atoms with Crippen molar-refractivity contribution >= 4 is 11.5 Å². The van der Waals surface area contributed by atoms with E-state index >= 15 is 0 Å². The summed E-state index contributed by atoms with van der Waals surface area (Å²) < 4.78 is 7.45. The standard InChI is InChI=1S/C23H26N4O/c1-14-7-12-19-24-21(22(27(19)13-14)25-23(4,5)6)18-10-8-17(9-11-18)20-15(2)26-28-16(20)3/h7-13,25H,1-6H3. The van der Waals surface area contributed by atoms with Gasteiger partial charge in [-0.2, -0.15) is 0 Å². The fraction of sp³-hybridized carbons (Fsp3) is 0.304. The number of nitrogens with one attached hydrogen (secondary N) is 1. The molecule has 0 radical (unpaired) electrons. The van der Waals surface area contributed by atoms with Gasteiger partial charge >= 0.3 is 0 Å². The summed E-state index contributed by atoms with van der Waals surface area (Å²) in [7, 11) is 0. The number of imidazole rings is 1. The Morgan fingerprint density at radius 3 is 2.21 bits per heavy atom. The van der Waals surface area contributed by atoms with Crippen LogP contribution in [0.5, 0.6) is 0 Å². The Morgan fingerprint density at radius 1 is 0.929 bits per heavy atom. The van der Waals surface area contributed by atoms with Crippen molar-refractivity contribution in [3.63, 3.8) is 0 Å². The Morgan fingerprint density at radius 2 is 1.61 bits per heavy atom. The molecule has 5 heteroatoms. The summed E-state index contributed by atoms with van der Waals surface area (Å²) in [6.07, 6.45) is 2.12. The second-order valence-corrected chi connectivity index (χ2v) is 8.40. The maximum absolute atomic E-state index is 5.31. The zero-order valence-electron chi connectivity index (χ0n) is 17.3. The number of benzene rings is 1. The van der Waals surface area contributed by atoms with Crippen LogP contribution < -0.4 is 5.32 Å². The molecule has 0 bridgehead atoms. The van der Waals surface area contributed by atoms with Crippen LogP contribution in [0.3, 0.4) is 0 Å². The molecule has 1 aromatic carbocycles. The highest BCUT2D eigenvalue weighted by atomic mass is 16.5. The normalized spacial score (nSPS) is 11.9. The molecule has 0 saturated carbocycles. The predicted octanol–water partition coefficient (Wildman–Crippen LogP) is 5.79. The minimum Gasteiger partial charge on any atom is -0.365 e. The molecule has 0 atom stereocenters. The molecular formula is C23H26N4O. The van der Waals surface area contributed by atoms with Gasteiger partial charge in [0.15, 0.2) is 0 Å². The molecule has 4 rings (SSSR count). The minimum absolute atomic E-state index is 0.0783. The molecule has 3 heterocycles. The molecule has 0 aliphatic heterocycles. The zero-order chi connectivity index (χ0) is 20.1. The molecule has 0 unspecified atom stereocenters. The van der Waals surface area contributed by atoms with Crippen LogP contribution in [-0.2, 0) is 0 Å². The van der Waals surface area contributed by atoms with Crippen molar-refractivity contribution in [3.8, 4) is 22.4 Å². The van der Waals surface area contributed by atoms with Crippen LogP contribution in [0.15, 0.2) is 47.1 Å². The van der Waals surface area contributed by atoms with Crippen molar-refractivity contribution in [1.82, 2.24) is 14.5 Å². The van der Waals surface area contributed by atoms with Crippen LogP contribution in [0, 0.1) is 20.8 Å². The molecular weight excluding hydrogens is 348 g/mol. The van der Waals surface area contributed by atoms with E-state index in [2.05, 4.69) is 85.2 Å². The molecule has 28 heavy (non-hydrogen) atoms. The van der Waals surface area contributed by atoms with Gasteiger partial charge in [-0.15, -0.1) is 0 Å². The van der Waals surface area contributed by atoms with Gasteiger partial charge in [-0.05, 0) is 58.7 Å². The fourth-order valence-electron chi connectivity index (χ4n) is 3.52.